The highest BCUT2D eigenvalue weighted by Crippen LogP contribution is 2.36. The van der Waals surface area contributed by atoms with Crippen LogP contribution >= 0.6 is 45.3 Å². The number of anilines is 4. The first-order valence-electron chi connectivity index (χ1n) is 44.0. The Labute approximate surface area is 795 Å². The largest absolute Gasteiger partial charge is 0.386 e. The van der Waals surface area contributed by atoms with Crippen LogP contribution in [0, 0.1) is 0 Å². The van der Waals surface area contributed by atoms with E-state index in [1.807, 2.05) is 218 Å². The molecule has 0 spiro atoms. The van der Waals surface area contributed by atoms with Crippen LogP contribution in [0.25, 0.3) is 0 Å². The van der Waals surface area contributed by atoms with Crippen molar-refractivity contribution in [1.29, 1.82) is 0 Å². The van der Waals surface area contributed by atoms with E-state index in [2.05, 4.69) is 19.6 Å². The van der Waals surface area contributed by atoms with Crippen molar-refractivity contribution in [2.45, 2.75) is 145 Å². The summed E-state index contributed by atoms with van der Waals surface area (Å²) in [6.07, 6.45) is 0. The Balaban J connectivity index is 0.000000150. The predicted octanol–water partition coefficient (Wildman–Crippen LogP) is 16.3. The van der Waals surface area contributed by atoms with Crippen molar-refractivity contribution in [2.75, 3.05) is 125 Å². The molecule has 4 saturated heterocycles. The number of hydrogen-bond donors (Lipinski definition) is 4. The molecule has 0 amide bonds. The summed E-state index contributed by atoms with van der Waals surface area (Å²) in [5.41, 5.74) is 7.98. The van der Waals surface area contributed by atoms with Gasteiger partial charge in [0.15, 0.2) is 0 Å². The van der Waals surface area contributed by atoms with Crippen LogP contribution in [-0.2, 0) is 108 Å². The summed E-state index contributed by atoms with van der Waals surface area (Å²) in [6.45, 7) is 22.8. The minimum Gasteiger partial charge on any atom is -0.386 e. The molecule has 8 aromatic carbocycles. The Morgan fingerprint density at radius 2 is 0.439 bits per heavy atom. The minimum absolute atomic E-state index is 0.134. The van der Waals surface area contributed by atoms with Gasteiger partial charge >= 0.3 is 0 Å². The SMILES string of the molecule is CC(C)(O)c1ccc(N2CCN(S(=O)(=O)c3cccs3)C[C@@H]2COCc2ccccc2)cc1.CC(C)(O)c1ccc(N2CCN(S(=O)(=O)c3cccs3)C[C@@H]2COCc2ccccc2)cc1.CC(C)(O)c1ccc(N2CCN(S(=O)(=O)c3cccs3)C[C@H]2COCc2ccccc2)cc1.CC(C)(O)c1ccc(N2CCN(S(=O)(=O)c3cccs3)C[C@H]2COCc2ccccc2)cc1. The average Bonchev–Trinajstić information content (AvgIpc) is 1.36. The van der Waals surface area contributed by atoms with Gasteiger partial charge in [-0.05, 0) is 194 Å². The molecule has 4 aromatic heterocycles. The molecule has 4 N–H and O–H groups in total. The number of ether oxygens (including phenoxy) is 4. The maximum atomic E-state index is 13.1. The third-order valence-corrected chi connectivity index (χ3v) is 36.4. The van der Waals surface area contributed by atoms with Gasteiger partial charge in [0.25, 0.3) is 40.1 Å². The Morgan fingerprint density at radius 3 is 0.598 bits per heavy atom. The molecule has 32 heteroatoms. The summed E-state index contributed by atoms with van der Waals surface area (Å²) < 4.78 is 137. The highest BCUT2D eigenvalue weighted by atomic mass is 32.3. The van der Waals surface area contributed by atoms with Crippen molar-refractivity contribution < 1.29 is 73.0 Å². The second-order valence-corrected chi connectivity index (χ2v) is 47.4. The Bertz CT molecular complexity index is 5240. The van der Waals surface area contributed by atoms with E-state index in [0.717, 1.165) is 67.3 Å². The molecule has 0 saturated carbocycles. The van der Waals surface area contributed by atoms with Gasteiger partial charge in [0.1, 0.15) is 16.8 Å². The lowest BCUT2D eigenvalue weighted by molar-refractivity contribution is 0.0780. The molecule has 24 nitrogen and oxygen atoms in total. The first kappa shape index (κ1) is 101. The molecule has 4 fully saturated rings. The zero-order chi connectivity index (χ0) is 93.9. The zero-order valence-corrected chi connectivity index (χ0v) is 82.2. The number of nitrogens with zero attached hydrogens (tertiary/aromatic N) is 8. The van der Waals surface area contributed by atoms with Crippen molar-refractivity contribution in [3.63, 3.8) is 0 Å². The number of piperazine rings is 4. The third-order valence-electron chi connectivity index (χ3n) is 23.4. The van der Waals surface area contributed by atoms with Crippen molar-refractivity contribution >= 4 is 108 Å². The standard InChI is InChI=1S/4C25H30N2O4S2/c4*1-25(2,28)21-10-12-22(13-11-21)27-15-14-26(33(29,30)24-9-6-16-32-24)17-23(27)19-31-18-20-7-4-3-5-8-20/h4*3-13,16,23,28H,14-15,17-19H2,1-2H3/t4*23-/m1100/s1. The van der Waals surface area contributed by atoms with E-state index in [4.69, 9.17) is 18.9 Å². The minimum atomic E-state index is -3.52. The quantitative estimate of drug-likeness (QED) is 0.0305. The van der Waals surface area contributed by atoms with Gasteiger partial charge in [-0.1, -0.05) is 194 Å². The molecule has 132 heavy (non-hydrogen) atoms. The molecule has 0 radical (unpaired) electrons. The van der Waals surface area contributed by atoms with Crippen LogP contribution in [0.3, 0.4) is 0 Å². The number of aliphatic hydroxyl groups is 4. The van der Waals surface area contributed by atoms with Gasteiger partial charge in [0.05, 0.1) is 99.4 Å². The van der Waals surface area contributed by atoms with Gasteiger partial charge in [-0.25, -0.2) is 33.7 Å². The van der Waals surface area contributed by atoms with Crippen LogP contribution in [0.15, 0.2) is 305 Å². The summed E-state index contributed by atoms with van der Waals surface area (Å²) in [5.74, 6) is 0. The van der Waals surface area contributed by atoms with Crippen molar-refractivity contribution in [3.8, 4) is 0 Å². The van der Waals surface area contributed by atoms with Crippen LogP contribution in [0.4, 0.5) is 22.7 Å². The fraction of sp³-hybridized carbons (Fsp3) is 0.360. The van der Waals surface area contributed by atoms with Crippen LogP contribution in [0.5, 0.6) is 0 Å². The van der Waals surface area contributed by atoms with Crippen molar-refractivity contribution in [2.24, 2.45) is 0 Å². The van der Waals surface area contributed by atoms with E-state index in [1.165, 1.54) is 45.3 Å². The van der Waals surface area contributed by atoms with Gasteiger partial charge in [-0.2, -0.15) is 17.2 Å². The number of sulfonamides is 4. The number of thiophene rings is 4. The molecule has 4 aliphatic heterocycles. The fourth-order valence-corrected chi connectivity index (χ4v) is 26.5. The molecule has 12 aromatic rings. The number of rotatable bonds is 32. The van der Waals surface area contributed by atoms with Gasteiger partial charge in [0.2, 0.25) is 0 Å². The topological polar surface area (TPSA) is 280 Å². The maximum Gasteiger partial charge on any atom is 0.252 e. The highest BCUT2D eigenvalue weighted by molar-refractivity contribution is 7.92. The molecule has 0 bridgehead atoms. The Kier molecular flexibility index (Phi) is 34.4. The molecule has 704 valence electrons. The molecule has 4 atom stereocenters. The lowest BCUT2D eigenvalue weighted by atomic mass is 9.98. The molecule has 8 heterocycles. The lowest BCUT2D eigenvalue weighted by Crippen LogP contribution is -2.56. The van der Waals surface area contributed by atoms with Crippen LogP contribution in [0.1, 0.15) is 99.9 Å². The summed E-state index contributed by atoms with van der Waals surface area (Å²) in [4.78, 5) is 8.83. The van der Waals surface area contributed by atoms with Crippen molar-refractivity contribution in [3.05, 3.63) is 333 Å². The molecular weight excluding hydrogens is 1830 g/mol. The number of benzene rings is 8. The summed E-state index contributed by atoms with van der Waals surface area (Å²) >= 11 is 4.97. The van der Waals surface area contributed by atoms with Gasteiger partial charge in [-0.15, -0.1) is 45.3 Å². The second kappa shape index (κ2) is 45.2. The van der Waals surface area contributed by atoms with Gasteiger partial charge < -0.3 is 59.0 Å². The van der Waals surface area contributed by atoms with E-state index in [1.54, 1.807) is 143 Å². The normalized spacial score (nSPS) is 17.9. The van der Waals surface area contributed by atoms with Crippen molar-refractivity contribution in [1.82, 2.24) is 17.2 Å². The van der Waals surface area contributed by atoms with Crippen LogP contribution < -0.4 is 19.6 Å². The van der Waals surface area contributed by atoms with E-state index in [9.17, 15) is 54.1 Å². The monoisotopic (exact) mass is 1940 g/mol. The van der Waals surface area contributed by atoms with E-state index in [0.29, 0.717) is 148 Å². The zero-order valence-electron chi connectivity index (χ0n) is 75.7. The van der Waals surface area contributed by atoms with Crippen LogP contribution in [0.2, 0.25) is 0 Å². The molecule has 16 rings (SSSR count). The fourth-order valence-electron chi connectivity index (χ4n) is 16.1. The van der Waals surface area contributed by atoms with E-state index in [-0.39, 0.29) is 24.2 Å². The van der Waals surface area contributed by atoms with Gasteiger partial charge in [-0.3, -0.25) is 0 Å². The van der Waals surface area contributed by atoms with Crippen LogP contribution in [-0.4, -0.2) is 200 Å². The summed E-state index contributed by atoms with van der Waals surface area (Å²) in [7, 11) is -14.1. The highest BCUT2D eigenvalue weighted by Gasteiger charge is 2.41. The summed E-state index contributed by atoms with van der Waals surface area (Å²) in [5, 5.41) is 48.2. The molecule has 0 unspecified atom stereocenters. The van der Waals surface area contributed by atoms with E-state index >= 15 is 0 Å². The maximum absolute atomic E-state index is 13.1. The Morgan fingerprint density at radius 1 is 0.258 bits per heavy atom. The molecule has 4 aliphatic rings. The molecular formula is C100H120N8O16S8. The third kappa shape index (κ3) is 26.8. The smallest absolute Gasteiger partial charge is 0.252 e. The van der Waals surface area contributed by atoms with E-state index < -0.39 is 62.5 Å². The summed E-state index contributed by atoms with van der Waals surface area (Å²) in [6, 6.07) is 84.2. The predicted molar refractivity (Wildman–Crippen MR) is 528 cm³/mol. The Hall–Kier alpha value is -8.92. The first-order chi connectivity index (χ1) is 63.0. The first-order valence-corrected chi connectivity index (χ1v) is 53.3. The second-order valence-electron chi connectivity index (χ2n) is 35.0. The molecule has 0 aliphatic carbocycles. The number of hydrogen-bond acceptors (Lipinski definition) is 24. The lowest BCUT2D eigenvalue weighted by Gasteiger charge is -2.42. The average molecular weight is 1950 g/mol. The van der Waals surface area contributed by atoms with Gasteiger partial charge in [0, 0.05) is 101 Å².